The van der Waals surface area contributed by atoms with Gasteiger partial charge in [0, 0.05) is 17.0 Å². The Morgan fingerprint density at radius 1 is 1.19 bits per heavy atom. The number of rotatable bonds is 7. The number of furan rings is 1. The van der Waals surface area contributed by atoms with Gasteiger partial charge in [-0.05, 0) is 49.7 Å². The largest absolute Gasteiger partial charge is 0.463 e. The molecule has 160 valence electrons. The quantitative estimate of drug-likeness (QED) is 0.609. The minimum Gasteiger partial charge on any atom is -0.463 e. The van der Waals surface area contributed by atoms with Gasteiger partial charge in [0.15, 0.2) is 0 Å². The van der Waals surface area contributed by atoms with Crippen LogP contribution in [0.5, 0.6) is 0 Å². The number of hydrazone groups is 1. The zero-order valence-corrected chi connectivity index (χ0v) is 18.3. The van der Waals surface area contributed by atoms with Crippen LogP contribution in [0.4, 0.5) is 5.69 Å². The first-order valence-electron chi connectivity index (χ1n) is 10.0. The number of thiophene rings is 1. The van der Waals surface area contributed by atoms with Gasteiger partial charge in [0.25, 0.3) is 5.91 Å². The van der Waals surface area contributed by atoms with E-state index < -0.39 is 0 Å². The first-order chi connectivity index (χ1) is 15.0. The van der Waals surface area contributed by atoms with Crippen molar-refractivity contribution in [1.82, 2.24) is 9.91 Å². The highest BCUT2D eigenvalue weighted by atomic mass is 32.1. The molecular formula is C23H24N4O3S. The highest BCUT2D eigenvalue weighted by Crippen LogP contribution is 2.35. The monoisotopic (exact) mass is 436 g/mol. The maximum Gasteiger partial charge on any atom is 0.257 e. The van der Waals surface area contributed by atoms with Gasteiger partial charge in [-0.25, -0.2) is 5.01 Å². The molecule has 31 heavy (non-hydrogen) atoms. The van der Waals surface area contributed by atoms with E-state index in [9.17, 15) is 9.59 Å². The van der Waals surface area contributed by atoms with Gasteiger partial charge in [-0.1, -0.05) is 23.8 Å². The van der Waals surface area contributed by atoms with Gasteiger partial charge >= 0.3 is 0 Å². The Morgan fingerprint density at radius 3 is 2.68 bits per heavy atom. The van der Waals surface area contributed by atoms with Crippen molar-refractivity contribution in [3.05, 3.63) is 76.4 Å². The van der Waals surface area contributed by atoms with Gasteiger partial charge in [-0.2, -0.15) is 5.10 Å². The van der Waals surface area contributed by atoms with Crippen LogP contribution in [0.2, 0.25) is 0 Å². The standard InChI is InChI=1S/C23H24N4O3S/c1-16-7-9-17(10-8-16)24-22(28)14-26(2)15-23(29)27-19(21-6-4-12-31-21)13-18(25-27)20-5-3-11-30-20/h3-12,19H,13-15H2,1-2H3,(H,24,28). The van der Waals surface area contributed by atoms with Crippen LogP contribution in [-0.2, 0) is 9.59 Å². The molecule has 1 aliphatic heterocycles. The minimum atomic E-state index is -0.171. The number of benzene rings is 1. The number of nitrogens with zero attached hydrogens (tertiary/aromatic N) is 3. The normalized spacial score (nSPS) is 15.9. The summed E-state index contributed by atoms with van der Waals surface area (Å²) in [6.45, 7) is 2.18. The van der Waals surface area contributed by atoms with Crippen LogP contribution in [-0.4, -0.2) is 47.6 Å². The smallest absolute Gasteiger partial charge is 0.257 e. The fourth-order valence-electron chi connectivity index (χ4n) is 3.48. The Morgan fingerprint density at radius 2 is 2.00 bits per heavy atom. The number of carbonyl (C=O) groups is 2. The van der Waals surface area contributed by atoms with Crippen molar-refractivity contribution in [1.29, 1.82) is 0 Å². The van der Waals surface area contributed by atoms with E-state index in [2.05, 4.69) is 10.4 Å². The summed E-state index contributed by atoms with van der Waals surface area (Å²) < 4.78 is 5.48. The molecule has 1 atom stereocenters. The van der Waals surface area contributed by atoms with E-state index in [0.29, 0.717) is 12.2 Å². The molecule has 0 aliphatic carbocycles. The molecule has 8 heteroatoms. The molecule has 7 nitrogen and oxygen atoms in total. The fourth-order valence-corrected chi connectivity index (χ4v) is 4.29. The molecule has 0 spiro atoms. The number of hydrogen-bond acceptors (Lipinski definition) is 6. The predicted octanol–water partition coefficient (Wildman–Crippen LogP) is 3.90. The Hall–Kier alpha value is -3.23. The number of likely N-dealkylation sites (N-methyl/N-ethyl adjacent to an activating group) is 1. The molecule has 4 rings (SSSR count). The van der Waals surface area contributed by atoms with Gasteiger partial charge < -0.3 is 9.73 Å². The number of nitrogens with one attached hydrogen (secondary N) is 1. The van der Waals surface area contributed by atoms with Gasteiger partial charge in [0.05, 0.1) is 25.4 Å². The van der Waals surface area contributed by atoms with Crippen LogP contribution in [0, 0.1) is 6.92 Å². The van der Waals surface area contributed by atoms with Crippen molar-refractivity contribution in [3.63, 3.8) is 0 Å². The third-order valence-corrected chi connectivity index (χ3v) is 5.97. The molecule has 0 saturated heterocycles. The molecule has 1 aliphatic rings. The summed E-state index contributed by atoms with van der Waals surface area (Å²) in [6.07, 6.45) is 2.19. The van der Waals surface area contributed by atoms with Crippen molar-refractivity contribution in [2.75, 3.05) is 25.5 Å². The summed E-state index contributed by atoms with van der Waals surface area (Å²) in [5.74, 6) is 0.337. The lowest BCUT2D eigenvalue weighted by molar-refractivity contribution is -0.134. The van der Waals surface area contributed by atoms with E-state index in [4.69, 9.17) is 4.42 Å². The molecule has 1 N–H and O–H groups in total. The van der Waals surface area contributed by atoms with E-state index in [0.717, 1.165) is 21.8 Å². The fraction of sp³-hybridized carbons (Fsp3) is 0.261. The second-order valence-electron chi connectivity index (χ2n) is 7.58. The molecule has 0 saturated carbocycles. The molecule has 0 fully saturated rings. The Labute approximate surface area is 185 Å². The Bertz CT molecular complexity index is 1060. The summed E-state index contributed by atoms with van der Waals surface area (Å²) in [4.78, 5) is 28.2. The van der Waals surface area contributed by atoms with Gasteiger partial charge in [-0.3, -0.25) is 14.5 Å². The number of hydrogen-bond donors (Lipinski definition) is 1. The zero-order valence-electron chi connectivity index (χ0n) is 17.4. The number of anilines is 1. The minimum absolute atomic E-state index is 0.0815. The van der Waals surface area contributed by atoms with Crippen LogP contribution in [0.25, 0.3) is 0 Å². The van der Waals surface area contributed by atoms with E-state index in [1.165, 1.54) is 5.01 Å². The lowest BCUT2D eigenvalue weighted by atomic mass is 10.1. The van der Waals surface area contributed by atoms with Crippen LogP contribution in [0.1, 0.15) is 28.7 Å². The third kappa shape index (κ3) is 5.10. The van der Waals surface area contributed by atoms with Crippen LogP contribution in [0.15, 0.2) is 69.7 Å². The SMILES string of the molecule is Cc1ccc(NC(=O)CN(C)CC(=O)N2N=C(c3ccco3)CC2c2cccs2)cc1. The molecule has 3 aromatic rings. The van der Waals surface area contributed by atoms with Crippen LogP contribution < -0.4 is 5.32 Å². The van der Waals surface area contributed by atoms with Crippen LogP contribution in [0.3, 0.4) is 0 Å². The maximum atomic E-state index is 13.1. The van der Waals surface area contributed by atoms with Gasteiger partial charge in [0.1, 0.15) is 11.5 Å². The zero-order chi connectivity index (χ0) is 21.8. The lowest BCUT2D eigenvalue weighted by Gasteiger charge is -2.23. The molecule has 3 heterocycles. The average molecular weight is 437 g/mol. The molecule has 2 amide bonds. The van der Waals surface area contributed by atoms with Crippen LogP contribution >= 0.6 is 11.3 Å². The molecule has 1 unspecified atom stereocenters. The topological polar surface area (TPSA) is 78.2 Å². The van der Waals surface area contributed by atoms with Crippen molar-refractivity contribution in [3.8, 4) is 0 Å². The molecule has 1 aromatic carbocycles. The van der Waals surface area contributed by atoms with Crippen molar-refractivity contribution >= 4 is 34.6 Å². The first-order valence-corrected chi connectivity index (χ1v) is 10.9. The summed E-state index contributed by atoms with van der Waals surface area (Å²) in [5.41, 5.74) is 2.61. The number of carbonyl (C=O) groups excluding carboxylic acids is 2. The van der Waals surface area contributed by atoms with Crippen molar-refractivity contribution in [2.24, 2.45) is 5.10 Å². The maximum absolute atomic E-state index is 13.1. The second-order valence-corrected chi connectivity index (χ2v) is 8.56. The van der Waals surface area contributed by atoms with E-state index in [1.54, 1.807) is 29.5 Å². The average Bonchev–Trinajstić information content (AvgIpc) is 3.49. The Kier molecular flexibility index (Phi) is 6.29. The molecule has 2 aromatic heterocycles. The van der Waals surface area contributed by atoms with E-state index in [-0.39, 0.29) is 30.9 Å². The molecular weight excluding hydrogens is 412 g/mol. The lowest BCUT2D eigenvalue weighted by Crippen LogP contribution is -2.39. The highest BCUT2D eigenvalue weighted by Gasteiger charge is 2.34. The predicted molar refractivity (Wildman–Crippen MR) is 121 cm³/mol. The number of aryl methyl sites for hydroxylation is 1. The summed E-state index contributed by atoms with van der Waals surface area (Å²) in [5, 5.41) is 10.9. The second kappa shape index (κ2) is 9.28. The number of amides is 2. The molecule has 0 radical (unpaired) electrons. The van der Waals surface area contributed by atoms with Crippen molar-refractivity contribution < 1.29 is 14.0 Å². The first kappa shape index (κ1) is 21.0. The van der Waals surface area contributed by atoms with E-state index in [1.807, 2.05) is 60.8 Å². The molecule has 0 bridgehead atoms. The van der Waals surface area contributed by atoms with E-state index >= 15 is 0 Å². The summed E-state index contributed by atoms with van der Waals surface area (Å²) >= 11 is 1.60. The highest BCUT2D eigenvalue weighted by molar-refractivity contribution is 7.10. The summed E-state index contributed by atoms with van der Waals surface area (Å²) in [6, 6.07) is 15.1. The summed E-state index contributed by atoms with van der Waals surface area (Å²) in [7, 11) is 1.75. The third-order valence-electron chi connectivity index (χ3n) is 5.00. The van der Waals surface area contributed by atoms with Crippen molar-refractivity contribution in [2.45, 2.75) is 19.4 Å². The van der Waals surface area contributed by atoms with Gasteiger partial charge in [0.2, 0.25) is 5.91 Å². The Balaban J connectivity index is 1.40. The van der Waals surface area contributed by atoms with Gasteiger partial charge in [-0.15, -0.1) is 11.3 Å².